The second-order valence-electron chi connectivity index (χ2n) is 10.4. The minimum absolute atomic E-state index is 0.167. The third-order valence-electron chi connectivity index (χ3n) is 6.71. The van der Waals surface area contributed by atoms with Crippen LogP contribution in [0.1, 0.15) is 97.4 Å². The van der Waals surface area contributed by atoms with Crippen molar-refractivity contribution >= 4 is 11.6 Å². The van der Waals surface area contributed by atoms with E-state index in [9.17, 15) is 20.1 Å². The first-order valence-electron chi connectivity index (χ1n) is 10.9. The summed E-state index contributed by atoms with van der Waals surface area (Å²) in [5.41, 5.74) is 2.20. The van der Waals surface area contributed by atoms with E-state index in [1.165, 1.54) is 13.8 Å². The average molecular weight is 443 g/mol. The number of hydrogen-bond donors (Lipinski definition) is 0. The van der Waals surface area contributed by atoms with Gasteiger partial charge in [-0.1, -0.05) is 27.7 Å². The van der Waals surface area contributed by atoms with Crippen molar-refractivity contribution in [3.8, 4) is 23.6 Å². The van der Waals surface area contributed by atoms with E-state index in [-0.39, 0.29) is 22.7 Å². The predicted octanol–water partition coefficient (Wildman–Crippen LogP) is 5.35. The zero-order chi connectivity index (χ0) is 24.3. The van der Waals surface area contributed by atoms with Crippen LogP contribution in [0.3, 0.4) is 0 Å². The van der Waals surface area contributed by atoms with Crippen molar-refractivity contribution in [3.63, 3.8) is 0 Å². The smallest absolute Gasteiger partial charge is 0.252 e. The fourth-order valence-corrected chi connectivity index (χ4v) is 5.32. The Morgan fingerprint density at radius 3 is 1.42 bits per heavy atom. The lowest BCUT2D eigenvalue weighted by Crippen LogP contribution is -2.55. The first kappa shape index (κ1) is 22.6. The molecular weight excluding hydrogens is 416 g/mol. The van der Waals surface area contributed by atoms with Crippen molar-refractivity contribution in [2.24, 2.45) is 0 Å². The third kappa shape index (κ3) is 3.56. The van der Waals surface area contributed by atoms with Crippen molar-refractivity contribution in [3.05, 3.63) is 57.6 Å². The first-order chi connectivity index (χ1) is 15.3. The Morgan fingerprint density at radius 2 is 1.12 bits per heavy atom. The largest absolute Gasteiger partial charge is 0.452 e. The molecule has 0 amide bonds. The highest BCUT2D eigenvalue weighted by Crippen LogP contribution is 2.54. The molecule has 0 aliphatic carbocycles. The Kier molecular flexibility index (Phi) is 4.91. The maximum Gasteiger partial charge on any atom is 0.252 e. The number of hydrogen-bond acceptors (Lipinski definition) is 6. The van der Waals surface area contributed by atoms with Gasteiger partial charge in [0.25, 0.3) is 5.79 Å². The van der Waals surface area contributed by atoms with E-state index >= 15 is 0 Å². The normalized spacial score (nSPS) is 18.5. The second-order valence-corrected chi connectivity index (χ2v) is 10.4. The van der Waals surface area contributed by atoms with Crippen LogP contribution in [0.2, 0.25) is 0 Å². The topological polar surface area (TPSA) is 100 Å². The molecule has 0 saturated carbocycles. The summed E-state index contributed by atoms with van der Waals surface area (Å²) < 4.78 is 13.0. The summed E-state index contributed by atoms with van der Waals surface area (Å²) in [6.45, 7) is 11.2. The van der Waals surface area contributed by atoms with Gasteiger partial charge in [0.1, 0.15) is 23.6 Å². The van der Waals surface area contributed by atoms with E-state index in [0.29, 0.717) is 35.5 Å². The zero-order valence-electron chi connectivity index (χ0n) is 19.8. The SMILES string of the molecule is CC(=O)c1cc2c(cc1C#N)OC1(CC2(C)C)CC(C)(C)c2cc(C(C)=O)c(C#N)cc2O1. The number of nitriles is 2. The summed E-state index contributed by atoms with van der Waals surface area (Å²) >= 11 is 0. The Morgan fingerprint density at radius 1 is 0.758 bits per heavy atom. The van der Waals surface area contributed by atoms with E-state index in [2.05, 4.69) is 39.8 Å². The molecule has 0 aromatic heterocycles. The summed E-state index contributed by atoms with van der Waals surface area (Å²) in [7, 11) is 0. The lowest BCUT2D eigenvalue weighted by Gasteiger charge is -2.51. The van der Waals surface area contributed by atoms with Crippen molar-refractivity contribution in [1.82, 2.24) is 0 Å². The Hall–Kier alpha value is -3.64. The number of nitrogens with zero attached hydrogens (tertiary/aromatic N) is 2. The molecule has 6 heteroatoms. The van der Waals surface area contributed by atoms with Crippen LogP contribution < -0.4 is 9.47 Å². The third-order valence-corrected chi connectivity index (χ3v) is 6.71. The molecule has 0 N–H and O–H groups in total. The number of fused-ring (bicyclic) bond motifs is 2. The minimum atomic E-state index is -1.03. The molecule has 33 heavy (non-hydrogen) atoms. The van der Waals surface area contributed by atoms with E-state index in [0.717, 1.165) is 11.1 Å². The summed E-state index contributed by atoms with van der Waals surface area (Å²) in [5, 5.41) is 19.2. The fourth-order valence-electron chi connectivity index (χ4n) is 5.32. The molecule has 0 radical (unpaired) electrons. The average Bonchev–Trinajstić information content (AvgIpc) is 2.70. The van der Waals surface area contributed by atoms with Gasteiger partial charge in [-0.2, -0.15) is 10.5 Å². The molecule has 0 saturated heterocycles. The molecule has 2 aromatic carbocycles. The standard InChI is InChI=1S/C27H26N2O4/c1-15(30)19-9-21-23(7-17(19)11-28)32-27(13-25(21,3)4)14-26(5,6)22-10-20(16(2)31)18(12-29)8-24(22)33-27/h7-10H,13-14H2,1-6H3. The molecule has 0 unspecified atom stereocenters. The van der Waals surface area contributed by atoms with E-state index in [4.69, 9.17) is 9.47 Å². The van der Waals surface area contributed by atoms with Crippen LogP contribution >= 0.6 is 0 Å². The summed E-state index contributed by atoms with van der Waals surface area (Å²) in [6.07, 6.45) is 1.02. The molecule has 2 heterocycles. The number of carbonyl (C=O) groups excluding carboxylic acids is 2. The van der Waals surface area contributed by atoms with Gasteiger partial charge in [0, 0.05) is 45.9 Å². The molecule has 2 aromatic rings. The molecular formula is C27H26N2O4. The van der Waals surface area contributed by atoms with Crippen LogP contribution in [0.4, 0.5) is 0 Å². The lowest BCUT2D eigenvalue weighted by atomic mass is 9.68. The van der Waals surface area contributed by atoms with Crippen LogP contribution in [0.15, 0.2) is 24.3 Å². The highest BCUT2D eigenvalue weighted by atomic mass is 16.7. The van der Waals surface area contributed by atoms with Gasteiger partial charge < -0.3 is 9.47 Å². The maximum absolute atomic E-state index is 12.1. The number of benzene rings is 2. The molecule has 0 bridgehead atoms. The van der Waals surface area contributed by atoms with Crippen molar-refractivity contribution in [2.45, 2.75) is 71.0 Å². The van der Waals surface area contributed by atoms with Crippen LogP contribution in [-0.4, -0.2) is 17.4 Å². The van der Waals surface area contributed by atoms with Crippen LogP contribution in [-0.2, 0) is 10.8 Å². The van der Waals surface area contributed by atoms with Gasteiger partial charge in [-0.15, -0.1) is 0 Å². The monoisotopic (exact) mass is 442 g/mol. The molecule has 2 aliphatic heterocycles. The Bertz CT molecular complexity index is 1200. The Balaban J connectivity index is 1.87. The van der Waals surface area contributed by atoms with Crippen molar-refractivity contribution in [2.75, 3.05) is 0 Å². The number of rotatable bonds is 2. The van der Waals surface area contributed by atoms with Gasteiger partial charge in [-0.3, -0.25) is 9.59 Å². The minimum Gasteiger partial charge on any atom is -0.452 e. The van der Waals surface area contributed by atoms with E-state index < -0.39 is 16.6 Å². The highest BCUT2D eigenvalue weighted by molar-refractivity contribution is 5.97. The van der Waals surface area contributed by atoms with Gasteiger partial charge in [-0.05, 0) is 38.1 Å². The quantitative estimate of drug-likeness (QED) is 0.581. The van der Waals surface area contributed by atoms with Crippen LogP contribution in [0, 0.1) is 22.7 Å². The van der Waals surface area contributed by atoms with Gasteiger partial charge in [-0.25, -0.2) is 0 Å². The van der Waals surface area contributed by atoms with Crippen LogP contribution in [0.5, 0.6) is 11.5 Å². The summed E-state index contributed by atoms with van der Waals surface area (Å²) in [6, 6.07) is 11.0. The lowest BCUT2D eigenvalue weighted by molar-refractivity contribution is -0.166. The second kappa shape index (κ2) is 7.18. The number of carbonyl (C=O) groups is 2. The highest BCUT2D eigenvalue weighted by Gasteiger charge is 2.53. The van der Waals surface area contributed by atoms with Gasteiger partial charge >= 0.3 is 0 Å². The zero-order valence-corrected chi connectivity index (χ0v) is 19.8. The Labute approximate surface area is 193 Å². The van der Waals surface area contributed by atoms with Gasteiger partial charge in [0.2, 0.25) is 0 Å². The molecule has 168 valence electrons. The number of ether oxygens (including phenoxy) is 2. The van der Waals surface area contributed by atoms with Gasteiger partial charge in [0.05, 0.1) is 11.1 Å². The summed E-state index contributed by atoms with van der Waals surface area (Å²) in [4.78, 5) is 24.2. The van der Waals surface area contributed by atoms with Gasteiger partial charge in [0.15, 0.2) is 11.6 Å². The molecule has 1 spiro atoms. The molecule has 2 aliphatic rings. The van der Waals surface area contributed by atoms with Crippen molar-refractivity contribution < 1.29 is 19.1 Å². The number of Topliss-reactive ketones (excluding diaryl/α,β-unsaturated/α-hetero) is 2. The van der Waals surface area contributed by atoms with Crippen molar-refractivity contribution in [1.29, 1.82) is 10.5 Å². The summed E-state index contributed by atoms with van der Waals surface area (Å²) in [5.74, 6) is -0.317. The molecule has 0 fully saturated rings. The van der Waals surface area contributed by atoms with E-state index in [1.807, 2.05) is 0 Å². The molecule has 6 nitrogen and oxygen atoms in total. The first-order valence-corrected chi connectivity index (χ1v) is 10.9. The molecule has 4 rings (SSSR count). The number of ketones is 2. The van der Waals surface area contributed by atoms with E-state index in [1.54, 1.807) is 24.3 Å². The fraction of sp³-hybridized carbons (Fsp3) is 0.407. The predicted molar refractivity (Wildman–Crippen MR) is 122 cm³/mol. The molecule has 0 atom stereocenters. The van der Waals surface area contributed by atoms with Crippen LogP contribution in [0.25, 0.3) is 0 Å². The maximum atomic E-state index is 12.1.